The first kappa shape index (κ1) is 19.4. The molecule has 0 bridgehead atoms. The van der Waals surface area contributed by atoms with E-state index in [1.807, 2.05) is 17.6 Å². The van der Waals surface area contributed by atoms with Crippen LogP contribution in [0.4, 0.5) is 0 Å². The molecule has 2 aromatic rings. The number of benzene rings is 1. The summed E-state index contributed by atoms with van der Waals surface area (Å²) in [6.07, 6.45) is 2.08. The number of nitrogens with one attached hydrogen (secondary N) is 1. The molecule has 0 radical (unpaired) electrons. The molecule has 2 fully saturated rings. The molecule has 2 aliphatic rings. The van der Waals surface area contributed by atoms with E-state index >= 15 is 0 Å². The highest BCUT2D eigenvalue weighted by Crippen LogP contribution is 2.22. The van der Waals surface area contributed by atoms with Gasteiger partial charge in [0, 0.05) is 32.1 Å². The van der Waals surface area contributed by atoms with Crippen molar-refractivity contribution in [2.24, 2.45) is 0 Å². The monoisotopic (exact) mass is 385 g/mol. The van der Waals surface area contributed by atoms with Gasteiger partial charge in [0.15, 0.2) is 0 Å². The molecule has 0 unspecified atom stereocenters. The van der Waals surface area contributed by atoms with Crippen molar-refractivity contribution in [1.29, 1.82) is 0 Å². The third-order valence-corrected chi connectivity index (χ3v) is 5.82. The van der Waals surface area contributed by atoms with Gasteiger partial charge in [-0.05, 0) is 38.4 Å². The van der Waals surface area contributed by atoms with Gasteiger partial charge in [0.05, 0.1) is 19.3 Å². The third kappa shape index (κ3) is 4.37. The van der Waals surface area contributed by atoms with Gasteiger partial charge >= 0.3 is 5.69 Å². The Morgan fingerprint density at radius 3 is 2.75 bits per heavy atom. The molecule has 152 valence electrons. The van der Waals surface area contributed by atoms with Crippen molar-refractivity contribution in [3.63, 3.8) is 0 Å². The topological polar surface area (TPSA) is 64.3 Å². The molecule has 0 spiro atoms. The van der Waals surface area contributed by atoms with Gasteiger partial charge in [-0.3, -0.25) is 9.47 Å². The Morgan fingerprint density at radius 2 is 2.00 bits per heavy atom. The summed E-state index contributed by atoms with van der Waals surface area (Å²) in [4.78, 5) is 15.3. The van der Waals surface area contributed by atoms with Crippen LogP contribution in [-0.2, 0) is 24.4 Å². The lowest BCUT2D eigenvalue weighted by atomic mass is 9.97. The number of ether oxygens (including phenoxy) is 1. The van der Waals surface area contributed by atoms with Crippen molar-refractivity contribution < 1.29 is 4.74 Å². The molecule has 2 aliphatic heterocycles. The summed E-state index contributed by atoms with van der Waals surface area (Å²) in [7, 11) is 0. The largest absolute Gasteiger partial charge is 0.374 e. The Morgan fingerprint density at radius 1 is 1.21 bits per heavy atom. The summed E-state index contributed by atoms with van der Waals surface area (Å²) in [6, 6.07) is 10.5. The lowest BCUT2D eigenvalue weighted by molar-refractivity contribution is -0.0407. The lowest BCUT2D eigenvalue weighted by Crippen LogP contribution is -2.45. The van der Waals surface area contributed by atoms with E-state index in [4.69, 9.17) is 9.84 Å². The van der Waals surface area contributed by atoms with Crippen LogP contribution >= 0.6 is 0 Å². The van der Waals surface area contributed by atoms with Crippen LogP contribution in [0.3, 0.4) is 0 Å². The number of hydrogen-bond donors (Lipinski definition) is 1. The molecule has 1 atom stereocenters. The van der Waals surface area contributed by atoms with Gasteiger partial charge in [0.1, 0.15) is 5.82 Å². The van der Waals surface area contributed by atoms with Gasteiger partial charge in [0.2, 0.25) is 0 Å². The summed E-state index contributed by atoms with van der Waals surface area (Å²) < 4.78 is 9.46. The fourth-order valence-corrected chi connectivity index (χ4v) is 4.33. The van der Waals surface area contributed by atoms with Crippen LogP contribution in [0, 0.1) is 0 Å². The molecule has 4 rings (SSSR count). The Labute approximate surface area is 166 Å². The second-order valence-corrected chi connectivity index (χ2v) is 7.80. The van der Waals surface area contributed by atoms with E-state index in [1.165, 1.54) is 5.56 Å². The third-order valence-electron chi connectivity index (χ3n) is 5.82. The Bertz CT molecular complexity index is 810. The molecule has 0 amide bonds. The molecule has 28 heavy (non-hydrogen) atoms. The fraction of sp³-hybridized carbons (Fsp3) is 0.619. The highest BCUT2D eigenvalue weighted by Gasteiger charge is 2.26. The van der Waals surface area contributed by atoms with Crippen molar-refractivity contribution in [3.05, 3.63) is 52.2 Å². The minimum atomic E-state index is -0.00348. The summed E-state index contributed by atoms with van der Waals surface area (Å²) in [6.45, 7) is 8.56. The molecule has 1 aromatic carbocycles. The minimum Gasteiger partial charge on any atom is -0.374 e. The van der Waals surface area contributed by atoms with Crippen molar-refractivity contribution >= 4 is 0 Å². The predicted octanol–water partition coefficient (Wildman–Crippen LogP) is 1.43. The summed E-state index contributed by atoms with van der Waals surface area (Å²) >= 11 is 0. The number of morpholine rings is 1. The van der Waals surface area contributed by atoms with E-state index < -0.39 is 0 Å². The minimum absolute atomic E-state index is 0.000171. The predicted molar refractivity (Wildman–Crippen MR) is 108 cm³/mol. The van der Waals surface area contributed by atoms with Gasteiger partial charge in [0.25, 0.3) is 0 Å². The average Bonchev–Trinajstić information content (AvgIpc) is 3.05. The Balaban J connectivity index is 1.44. The number of nitrogens with zero attached hydrogens (tertiary/aromatic N) is 4. The van der Waals surface area contributed by atoms with Crippen LogP contribution in [0.25, 0.3) is 0 Å². The van der Waals surface area contributed by atoms with E-state index in [0.29, 0.717) is 25.6 Å². The zero-order valence-electron chi connectivity index (χ0n) is 16.7. The standard InChI is InChI=1S/C21H31N5O2/c1-2-25-20(18-8-10-22-11-9-18)23-26(21(25)27)16-19-15-24(12-13-28-19)14-17-6-4-3-5-7-17/h3-7,18-19,22H,2,8-16H2,1H3/t19-/m0/s1. The van der Waals surface area contributed by atoms with Crippen LogP contribution in [-0.4, -0.2) is 58.1 Å². The summed E-state index contributed by atoms with van der Waals surface area (Å²) in [5, 5.41) is 8.13. The molecule has 0 aliphatic carbocycles. The van der Waals surface area contributed by atoms with Crippen molar-refractivity contribution in [2.45, 2.75) is 51.4 Å². The Kier molecular flexibility index (Phi) is 6.24. The van der Waals surface area contributed by atoms with Crippen LogP contribution in [0.2, 0.25) is 0 Å². The molecular formula is C21H31N5O2. The second-order valence-electron chi connectivity index (χ2n) is 7.80. The molecule has 1 aromatic heterocycles. The summed E-state index contributed by atoms with van der Waals surface area (Å²) in [5.41, 5.74) is 1.31. The van der Waals surface area contributed by atoms with Gasteiger partial charge in [-0.2, -0.15) is 5.10 Å². The van der Waals surface area contributed by atoms with E-state index in [0.717, 1.165) is 51.4 Å². The molecule has 2 saturated heterocycles. The SMILES string of the molecule is CCn1c(C2CCNCC2)nn(C[C@@H]2CN(Cc3ccccc3)CCO2)c1=O. The number of rotatable bonds is 6. The average molecular weight is 386 g/mol. The second kappa shape index (κ2) is 9.03. The highest BCUT2D eigenvalue weighted by molar-refractivity contribution is 5.14. The molecule has 0 saturated carbocycles. The first-order valence-corrected chi connectivity index (χ1v) is 10.5. The number of aromatic nitrogens is 3. The van der Waals surface area contributed by atoms with Crippen LogP contribution in [0.1, 0.15) is 37.1 Å². The van der Waals surface area contributed by atoms with Crippen molar-refractivity contribution in [1.82, 2.24) is 24.6 Å². The lowest BCUT2D eigenvalue weighted by Gasteiger charge is -2.32. The Hall–Kier alpha value is -1.96. The van der Waals surface area contributed by atoms with Gasteiger partial charge < -0.3 is 10.1 Å². The quantitative estimate of drug-likeness (QED) is 0.815. The van der Waals surface area contributed by atoms with Crippen molar-refractivity contribution in [3.8, 4) is 0 Å². The molecule has 3 heterocycles. The van der Waals surface area contributed by atoms with Crippen LogP contribution in [0.15, 0.2) is 35.1 Å². The molecule has 7 heteroatoms. The molecular weight excluding hydrogens is 354 g/mol. The maximum absolute atomic E-state index is 12.9. The maximum Gasteiger partial charge on any atom is 0.346 e. The normalized spacial score (nSPS) is 21.8. The first-order valence-electron chi connectivity index (χ1n) is 10.5. The first-order chi connectivity index (χ1) is 13.7. The van der Waals surface area contributed by atoms with E-state index in [2.05, 4.69) is 34.5 Å². The van der Waals surface area contributed by atoms with Crippen LogP contribution in [0.5, 0.6) is 0 Å². The highest BCUT2D eigenvalue weighted by atomic mass is 16.5. The van der Waals surface area contributed by atoms with Crippen LogP contribution < -0.4 is 11.0 Å². The number of hydrogen-bond acceptors (Lipinski definition) is 5. The maximum atomic E-state index is 12.9. The zero-order chi connectivity index (χ0) is 19.3. The number of piperidine rings is 1. The van der Waals surface area contributed by atoms with E-state index in [9.17, 15) is 4.79 Å². The van der Waals surface area contributed by atoms with Crippen molar-refractivity contribution in [2.75, 3.05) is 32.8 Å². The molecule has 7 nitrogen and oxygen atoms in total. The fourth-order valence-electron chi connectivity index (χ4n) is 4.33. The van der Waals surface area contributed by atoms with Gasteiger partial charge in [-0.25, -0.2) is 9.48 Å². The van der Waals surface area contributed by atoms with E-state index in [-0.39, 0.29) is 11.8 Å². The van der Waals surface area contributed by atoms with Gasteiger partial charge in [-0.15, -0.1) is 0 Å². The smallest absolute Gasteiger partial charge is 0.346 e. The molecule has 1 N–H and O–H groups in total. The van der Waals surface area contributed by atoms with Gasteiger partial charge in [-0.1, -0.05) is 30.3 Å². The zero-order valence-corrected chi connectivity index (χ0v) is 16.7. The van der Waals surface area contributed by atoms with E-state index in [1.54, 1.807) is 4.68 Å². The summed E-state index contributed by atoms with van der Waals surface area (Å²) in [5.74, 6) is 1.32.